The van der Waals surface area contributed by atoms with E-state index in [0.29, 0.717) is 13.2 Å². The maximum Gasteiger partial charge on any atom is 0.201 e. The number of aliphatic hydroxyl groups excluding tert-OH is 2. The molecule has 104 valence electrons. The Bertz CT molecular complexity index is 215. The summed E-state index contributed by atoms with van der Waals surface area (Å²) in [5.74, 6) is 0. The van der Waals surface area contributed by atoms with Gasteiger partial charge in [-0.1, -0.05) is 0 Å². The topological polar surface area (TPSA) is 96.2 Å². The molecule has 0 rings (SSSR count). The van der Waals surface area contributed by atoms with Crippen molar-refractivity contribution in [3.63, 3.8) is 0 Å². The van der Waals surface area contributed by atoms with Crippen molar-refractivity contribution >= 4 is 7.37 Å². The summed E-state index contributed by atoms with van der Waals surface area (Å²) in [6.07, 6.45) is -1.81. The predicted molar refractivity (Wildman–Crippen MR) is 64.1 cm³/mol. The maximum atomic E-state index is 11.7. The van der Waals surface area contributed by atoms with Crippen molar-refractivity contribution in [1.29, 1.82) is 0 Å². The van der Waals surface area contributed by atoms with Gasteiger partial charge in [0.05, 0.1) is 0 Å². The Morgan fingerprint density at radius 2 is 1.35 bits per heavy atom. The van der Waals surface area contributed by atoms with Crippen LogP contribution < -0.4 is 0 Å². The molecule has 3 N–H and O–H groups in total. The third-order valence-corrected chi connectivity index (χ3v) is 4.08. The molecule has 0 fully saturated rings. The van der Waals surface area contributed by atoms with Crippen LogP contribution in [-0.2, 0) is 14.0 Å². The average Bonchev–Trinajstić information content (AvgIpc) is 2.25. The van der Waals surface area contributed by atoms with Gasteiger partial charge in [-0.2, -0.15) is 0 Å². The standard InChI is InChI=1S/C10H23O6P/c1-3-15-9(11)5-7-17(13,14)8-6-10(12)16-4-2/h9-12H,3-8H2,1-2H3,(H,13,14). The Hall–Kier alpha value is 0.0300. The molecule has 0 spiro atoms. The molecular formula is C10H23O6P. The second-order valence-corrected chi connectivity index (χ2v) is 6.28. The van der Waals surface area contributed by atoms with Gasteiger partial charge < -0.3 is 24.6 Å². The van der Waals surface area contributed by atoms with Gasteiger partial charge in [-0.3, -0.25) is 4.57 Å². The Morgan fingerprint density at radius 3 is 1.65 bits per heavy atom. The van der Waals surface area contributed by atoms with Gasteiger partial charge in [0, 0.05) is 38.4 Å². The van der Waals surface area contributed by atoms with E-state index < -0.39 is 19.9 Å². The van der Waals surface area contributed by atoms with Gasteiger partial charge in [0.2, 0.25) is 7.37 Å². The molecule has 2 unspecified atom stereocenters. The summed E-state index contributed by atoms with van der Waals surface area (Å²) < 4.78 is 21.4. The van der Waals surface area contributed by atoms with Crippen LogP contribution in [0.3, 0.4) is 0 Å². The number of hydrogen-bond acceptors (Lipinski definition) is 5. The lowest BCUT2D eigenvalue weighted by molar-refractivity contribution is -0.0959. The SMILES string of the molecule is CCOC(O)CCP(=O)(O)CCC(O)OCC. The third-order valence-electron chi connectivity index (χ3n) is 2.17. The molecule has 0 aliphatic rings. The van der Waals surface area contributed by atoms with Crippen LogP contribution in [0.2, 0.25) is 0 Å². The van der Waals surface area contributed by atoms with E-state index in [2.05, 4.69) is 0 Å². The Labute approximate surface area is 102 Å². The molecule has 0 aliphatic carbocycles. The van der Waals surface area contributed by atoms with Gasteiger partial charge in [-0.25, -0.2) is 0 Å². The predicted octanol–water partition coefficient (Wildman–Crippen LogP) is 0.747. The van der Waals surface area contributed by atoms with Gasteiger partial charge in [0.1, 0.15) is 0 Å². The quantitative estimate of drug-likeness (QED) is 0.400. The Morgan fingerprint density at radius 1 is 1.00 bits per heavy atom. The second-order valence-electron chi connectivity index (χ2n) is 3.69. The summed E-state index contributed by atoms with van der Waals surface area (Å²) in [5.41, 5.74) is 0. The average molecular weight is 270 g/mol. The molecule has 0 aromatic rings. The molecule has 7 heteroatoms. The van der Waals surface area contributed by atoms with Gasteiger partial charge in [0.15, 0.2) is 12.6 Å². The normalized spacial score (nSPS) is 18.6. The van der Waals surface area contributed by atoms with E-state index >= 15 is 0 Å². The van der Waals surface area contributed by atoms with Crippen molar-refractivity contribution in [3.8, 4) is 0 Å². The highest BCUT2D eigenvalue weighted by molar-refractivity contribution is 7.57. The van der Waals surface area contributed by atoms with E-state index in [4.69, 9.17) is 9.47 Å². The Kier molecular flexibility index (Phi) is 9.04. The minimum absolute atomic E-state index is 0.0208. The first kappa shape index (κ1) is 17.0. The van der Waals surface area contributed by atoms with Crippen LogP contribution in [0.1, 0.15) is 26.7 Å². The molecule has 0 saturated carbocycles. The summed E-state index contributed by atoms with van der Waals surface area (Å²) in [6, 6.07) is 0. The van der Waals surface area contributed by atoms with Gasteiger partial charge in [-0.05, 0) is 13.8 Å². The number of hydrogen-bond donors (Lipinski definition) is 3. The summed E-state index contributed by atoms with van der Waals surface area (Å²) in [4.78, 5) is 9.57. The first-order valence-corrected chi connectivity index (χ1v) is 7.84. The Balaban J connectivity index is 3.83. The minimum atomic E-state index is -3.33. The molecule has 0 heterocycles. The van der Waals surface area contributed by atoms with Gasteiger partial charge in [-0.15, -0.1) is 0 Å². The summed E-state index contributed by atoms with van der Waals surface area (Å²) >= 11 is 0. The van der Waals surface area contributed by atoms with E-state index in [-0.39, 0.29) is 25.2 Å². The van der Waals surface area contributed by atoms with Crippen molar-refractivity contribution < 1.29 is 29.1 Å². The molecule has 17 heavy (non-hydrogen) atoms. The fraction of sp³-hybridized carbons (Fsp3) is 1.00. The largest absolute Gasteiger partial charge is 0.368 e. The second kappa shape index (κ2) is 9.03. The maximum absolute atomic E-state index is 11.7. The zero-order chi connectivity index (χ0) is 13.3. The molecular weight excluding hydrogens is 247 g/mol. The smallest absolute Gasteiger partial charge is 0.201 e. The van der Waals surface area contributed by atoms with Gasteiger partial charge in [0.25, 0.3) is 0 Å². The molecule has 0 amide bonds. The van der Waals surface area contributed by atoms with Crippen LogP contribution in [0.15, 0.2) is 0 Å². The van der Waals surface area contributed by atoms with Crippen molar-refractivity contribution in [1.82, 2.24) is 0 Å². The lowest BCUT2D eigenvalue weighted by atomic mass is 10.5. The van der Waals surface area contributed by atoms with Crippen molar-refractivity contribution in [2.24, 2.45) is 0 Å². The van der Waals surface area contributed by atoms with E-state index in [9.17, 15) is 19.7 Å². The van der Waals surface area contributed by atoms with Gasteiger partial charge >= 0.3 is 0 Å². The lowest BCUT2D eigenvalue weighted by Crippen LogP contribution is -2.16. The molecule has 0 aromatic carbocycles. The zero-order valence-electron chi connectivity index (χ0n) is 10.4. The molecule has 0 radical (unpaired) electrons. The van der Waals surface area contributed by atoms with E-state index in [0.717, 1.165) is 0 Å². The fourth-order valence-electron chi connectivity index (χ4n) is 1.29. The summed E-state index contributed by atoms with van der Waals surface area (Å²) in [6.45, 7) is 4.19. The molecule has 0 aliphatic heterocycles. The minimum Gasteiger partial charge on any atom is -0.368 e. The summed E-state index contributed by atoms with van der Waals surface area (Å²) in [7, 11) is -3.33. The molecule has 6 nitrogen and oxygen atoms in total. The van der Waals surface area contributed by atoms with Crippen LogP contribution in [0.25, 0.3) is 0 Å². The highest BCUT2D eigenvalue weighted by Crippen LogP contribution is 2.42. The summed E-state index contributed by atoms with van der Waals surface area (Å²) in [5, 5.41) is 18.5. The van der Waals surface area contributed by atoms with E-state index in [1.54, 1.807) is 13.8 Å². The molecule has 2 atom stereocenters. The van der Waals surface area contributed by atoms with Crippen LogP contribution in [0.4, 0.5) is 0 Å². The number of rotatable bonds is 10. The lowest BCUT2D eigenvalue weighted by Gasteiger charge is -2.16. The van der Waals surface area contributed by atoms with Crippen LogP contribution in [0, 0.1) is 0 Å². The van der Waals surface area contributed by atoms with Crippen molar-refractivity contribution in [3.05, 3.63) is 0 Å². The number of aliphatic hydroxyl groups is 2. The first-order valence-electron chi connectivity index (χ1n) is 5.81. The number of ether oxygens (including phenoxy) is 2. The molecule has 0 saturated heterocycles. The fourth-order valence-corrected chi connectivity index (χ4v) is 2.76. The van der Waals surface area contributed by atoms with Crippen LogP contribution in [-0.4, -0.2) is 53.2 Å². The van der Waals surface area contributed by atoms with Crippen molar-refractivity contribution in [2.75, 3.05) is 25.5 Å². The van der Waals surface area contributed by atoms with E-state index in [1.165, 1.54) is 0 Å². The zero-order valence-corrected chi connectivity index (χ0v) is 11.3. The third kappa shape index (κ3) is 9.71. The van der Waals surface area contributed by atoms with Crippen LogP contribution in [0.5, 0.6) is 0 Å². The highest BCUT2D eigenvalue weighted by atomic mass is 31.2. The van der Waals surface area contributed by atoms with Crippen molar-refractivity contribution in [2.45, 2.75) is 39.3 Å². The first-order chi connectivity index (χ1) is 7.91. The molecule has 0 bridgehead atoms. The van der Waals surface area contributed by atoms with Crippen LogP contribution >= 0.6 is 7.37 Å². The monoisotopic (exact) mass is 270 g/mol. The molecule has 0 aromatic heterocycles. The highest BCUT2D eigenvalue weighted by Gasteiger charge is 2.21. The van der Waals surface area contributed by atoms with E-state index in [1.807, 2.05) is 0 Å².